The van der Waals surface area contributed by atoms with E-state index in [1.165, 1.54) is 0 Å². The lowest BCUT2D eigenvalue weighted by Gasteiger charge is -2.08. The lowest BCUT2D eigenvalue weighted by molar-refractivity contribution is -0.503. The molecular formula is C2F5O2. The highest BCUT2D eigenvalue weighted by Gasteiger charge is 2.45. The second-order valence-corrected chi connectivity index (χ2v) is 1.01. The summed E-state index contributed by atoms with van der Waals surface area (Å²) in [6.45, 7) is 0. The molecule has 7 heteroatoms. The van der Waals surface area contributed by atoms with Crippen LogP contribution in [0.4, 0.5) is 22.0 Å². The Bertz CT molecular complexity index is 78.1. The predicted octanol–water partition coefficient (Wildman–Crippen LogP) is 1.50. The number of halogens is 5. The maximum absolute atomic E-state index is 10.7. The van der Waals surface area contributed by atoms with Crippen LogP contribution < -0.4 is 0 Å². The minimum absolute atomic E-state index is 1.74. The molecule has 0 aromatic carbocycles. The summed E-state index contributed by atoms with van der Waals surface area (Å²) >= 11 is 0. The molecule has 0 fully saturated rings. The topological polar surface area (TPSA) is 29.1 Å². The molecule has 2 nitrogen and oxygen atoms in total. The second kappa shape index (κ2) is 2.07. The van der Waals surface area contributed by atoms with E-state index in [2.05, 4.69) is 0 Å². The molecule has 0 aliphatic rings. The fourth-order valence-corrected chi connectivity index (χ4v) is 0.135. The molecule has 0 heterocycles. The Labute approximate surface area is 45.8 Å². The Hall–Kier alpha value is -0.430. The molecule has 0 amide bonds. The number of hydrogen-bond donors (Lipinski definition) is 0. The van der Waals surface area contributed by atoms with E-state index in [1.807, 2.05) is 0 Å². The molecule has 0 aliphatic heterocycles. The van der Waals surface area contributed by atoms with Crippen LogP contribution in [0.25, 0.3) is 0 Å². The number of ether oxygens (including phenoxy) is 1. The number of rotatable bonds is 1. The predicted molar refractivity (Wildman–Crippen MR) is 12.8 cm³/mol. The summed E-state index contributed by atoms with van der Waals surface area (Å²) < 4.78 is 55.1. The largest absolute Gasteiger partial charge is 0.529 e. The van der Waals surface area contributed by atoms with E-state index in [9.17, 15) is 22.0 Å². The first-order valence-corrected chi connectivity index (χ1v) is 1.56. The SMILES string of the molecule is [O]C(F)(F)OC(F)(F)F. The van der Waals surface area contributed by atoms with Gasteiger partial charge in [0.15, 0.2) is 0 Å². The van der Waals surface area contributed by atoms with Crippen molar-refractivity contribution in [1.82, 2.24) is 0 Å². The molecule has 0 saturated heterocycles. The Morgan fingerprint density at radius 3 is 1.33 bits per heavy atom. The summed E-state index contributed by atoms with van der Waals surface area (Å²) in [6.07, 6.45) is -11.0. The maximum Gasteiger partial charge on any atom is 0.529 e. The van der Waals surface area contributed by atoms with Gasteiger partial charge in [-0.05, 0) is 0 Å². The van der Waals surface area contributed by atoms with Gasteiger partial charge in [-0.2, -0.15) is 4.74 Å². The molecule has 9 heavy (non-hydrogen) atoms. The van der Waals surface area contributed by atoms with Crippen molar-refractivity contribution >= 4 is 0 Å². The van der Waals surface area contributed by atoms with Crippen molar-refractivity contribution in [2.75, 3.05) is 0 Å². The van der Waals surface area contributed by atoms with Gasteiger partial charge in [0.05, 0.1) is 0 Å². The zero-order valence-corrected chi connectivity index (χ0v) is 3.71. The maximum atomic E-state index is 10.7. The van der Waals surface area contributed by atoms with Gasteiger partial charge in [-0.25, -0.2) is 0 Å². The van der Waals surface area contributed by atoms with Crippen LogP contribution in [0.3, 0.4) is 0 Å². The highest BCUT2D eigenvalue weighted by Crippen LogP contribution is 2.25. The molecule has 0 spiro atoms. The van der Waals surface area contributed by atoms with Gasteiger partial charge >= 0.3 is 12.7 Å². The average molecular weight is 151 g/mol. The van der Waals surface area contributed by atoms with Crippen LogP contribution in [0.5, 0.6) is 0 Å². The first-order chi connectivity index (χ1) is 3.71. The molecule has 55 valence electrons. The van der Waals surface area contributed by atoms with E-state index in [0.29, 0.717) is 0 Å². The monoisotopic (exact) mass is 151 g/mol. The summed E-state index contributed by atoms with van der Waals surface area (Å²) in [6, 6.07) is 0. The molecule has 0 aromatic rings. The van der Waals surface area contributed by atoms with Gasteiger partial charge in [-0.1, -0.05) is 0 Å². The van der Waals surface area contributed by atoms with Gasteiger partial charge in [-0.15, -0.1) is 27.1 Å². The van der Waals surface area contributed by atoms with Gasteiger partial charge in [0.2, 0.25) is 0 Å². The molecule has 0 bridgehead atoms. The fourth-order valence-electron chi connectivity index (χ4n) is 0.135. The van der Waals surface area contributed by atoms with E-state index < -0.39 is 12.7 Å². The van der Waals surface area contributed by atoms with Gasteiger partial charge in [0.25, 0.3) is 0 Å². The Balaban J connectivity index is 3.75. The Morgan fingerprint density at radius 2 is 1.33 bits per heavy atom. The average Bonchev–Trinajstić information content (AvgIpc) is 1.14. The van der Waals surface area contributed by atoms with Crippen LogP contribution in [0.15, 0.2) is 0 Å². The molecule has 0 saturated carbocycles. The van der Waals surface area contributed by atoms with Crippen LogP contribution in [0, 0.1) is 0 Å². The van der Waals surface area contributed by atoms with Gasteiger partial charge in [0, 0.05) is 0 Å². The van der Waals surface area contributed by atoms with E-state index in [-0.39, 0.29) is 0 Å². The lowest BCUT2D eigenvalue weighted by Crippen LogP contribution is -2.27. The van der Waals surface area contributed by atoms with Gasteiger partial charge in [-0.3, -0.25) is 0 Å². The molecule has 0 aromatic heterocycles. The summed E-state index contributed by atoms with van der Waals surface area (Å²) in [4.78, 5) is 0. The first kappa shape index (κ1) is 8.57. The minimum Gasteiger partial charge on any atom is -0.198 e. The van der Waals surface area contributed by atoms with Crippen LogP contribution >= 0.6 is 0 Å². The van der Waals surface area contributed by atoms with Crippen molar-refractivity contribution < 1.29 is 31.8 Å². The van der Waals surface area contributed by atoms with Crippen molar-refractivity contribution in [1.29, 1.82) is 0 Å². The normalized spacial score (nSPS) is 14.0. The van der Waals surface area contributed by atoms with Crippen LogP contribution in [0.1, 0.15) is 0 Å². The smallest absolute Gasteiger partial charge is 0.198 e. The summed E-state index contributed by atoms with van der Waals surface area (Å²) in [5.74, 6) is 0. The molecule has 0 rings (SSSR count). The van der Waals surface area contributed by atoms with Crippen molar-refractivity contribution in [2.45, 2.75) is 12.7 Å². The second-order valence-electron chi connectivity index (χ2n) is 1.01. The van der Waals surface area contributed by atoms with Crippen molar-refractivity contribution in [3.8, 4) is 0 Å². The minimum atomic E-state index is -5.58. The van der Waals surface area contributed by atoms with E-state index in [4.69, 9.17) is 5.11 Å². The standard InChI is InChI=1S/C2F5O2/c3-1(4,5)9-2(6,7)8. The van der Waals surface area contributed by atoms with Crippen LogP contribution in [-0.4, -0.2) is 12.7 Å². The van der Waals surface area contributed by atoms with E-state index in [0.717, 1.165) is 0 Å². The molecule has 0 aliphatic carbocycles. The fraction of sp³-hybridized carbons (Fsp3) is 1.00. The Morgan fingerprint density at radius 1 is 1.00 bits per heavy atom. The zero-order chi connectivity index (χ0) is 7.71. The van der Waals surface area contributed by atoms with Gasteiger partial charge in [0.1, 0.15) is 0 Å². The highest BCUT2D eigenvalue weighted by atomic mass is 19.4. The third-order valence-electron chi connectivity index (χ3n) is 0.235. The molecule has 0 atom stereocenters. The third-order valence-corrected chi connectivity index (χ3v) is 0.235. The van der Waals surface area contributed by atoms with Crippen molar-refractivity contribution in [3.05, 3.63) is 0 Å². The van der Waals surface area contributed by atoms with Gasteiger partial charge < -0.3 is 0 Å². The molecular weight excluding hydrogens is 151 g/mol. The first-order valence-electron chi connectivity index (χ1n) is 1.56. The summed E-state index contributed by atoms with van der Waals surface area (Å²) in [5.41, 5.74) is 0. The summed E-state index contributed by atoms with van der Waals surface area (Å²) in [7, 11) is 0. The number of alkyl halides is 5. The zero-order valence-electron chi connectivity index (χ0n) is 3.71. The molecule has 0 unspecified atom stereocenters. The Kier molecular flexibility index (Phi) is 1.97. The van der Waals surface area contributed by atoms with Crippen LogP contribution in [-0.2, 0) is 9.84 Å². The highest BCUT2D eigenvalue weighted by molar-refractivity contribution is 4.29. The molecule has 0 N–H and O–H groups in total. The third kappa shape index (κ3) is 7.57. The van der Waals surface area contributed by atoms with Crippen LogP contribution in [0.2, 0.25) is 0 Å². The number of hydrogen-bond acceptors (Lipinski definition) is 1. The quantitative estimate of drug-likeness (QED) is 0.412. The lowest BCUT2D eigenvalue weighted by atomic mass is 11.2. The summed E-state index contributed by atoms with van der Waals surface area (Å²) in [5, 5.41) is 8.84. The van der Waals surface area contributed by atoms with E-state index in [1.54, 1.807) is 4.74 Å². The molecule has 1 radical (unpaired) electrons. The van der Waals surface area contributed by atoms with Crippen molar-refractivity contribution in [3.63, 3.8) is 0 Å². The van der Waals surface area contributed by atoms with Crippen molar-refractivity contribution in [2.24, 2.45) is 0 Å². The van der Waals surface area contributed by atoms with E-state index >= 15 is 0 Å².